The molecule has 142 valence electrons. The van der Waals surface area contributed by atoms with Crippen molar-refractivity contribution in [2.75, 3.05) is 35.3 Å². The fraction of sp³-hybridized carbons (Fsp3) is 0.278. The van der Waals surface area contributed by atoms with Crippen LogP contribution in [0.3, 0.4) is 0 Å². The summed E-state index contributed by atoms with van der Waals surface area (Å²) in [5, 5.41) is 5.36. The predicted molar refractivity (Wildman–Crippen MR) is 99.1 cm³/mol. The molecule has 1 aliphatic rings. The molecule has 3 amide bonds. The molecule has 0 bridgehead atoms. The van der Waals surface area contributed by atoms with Gasteiger partial charge in [-0.2, -0.15) is 0 Å². The summed E-state index contributed by atoms with van der Waals surface area (Å²) in [5.41, 5.74) is 1.95. The van der Waals surface area contributed by atoms with E-state index in [9.17, 15) is 14.4 Å². The average Bonchev–Trinajstić information content (AvgIpc) is 3.20. The minimum absolute atomic E-state index is 0.272. The monoisotopic (exact) mass is 372 g/mol. The molecule has 2 heterocycles. The second-order valence-electron chi connectivity index (χ2n) is 5.84. The Labute approximate surface area is 155 Å². The molecule has 1 saturated heterocycles. The molecular formula is C18H20N4O5. The lowest BCUT2D eigenvalue weighted by molar-refractivity contribution is 0.0515. The normalized spacial score (nSPS) is 13.3. The van der Waals surface area contributed by atoms with Crippen LogP contribution in [0.4, 0.5) is 26.7 Å². The summed E-state index contributed by atoms with van der Waals surface area (Å²) in [7, 11) is 1.69. The van der Waals surface area contributed by atoms with Crippen LogP contribution in [-0.2, 0) is 16.5 Å². The van der Waals surface area contributed by atoms with Crippen molar-refractivity contribution in [3.05, 3.63) is 42.2 Å². The molecule has 1 fully saturated rings. The molecule has 0 unspecified atom stereocenters. The topological polar surface area (TPSA) is 102 Å². The summed E-state index contributed by atoms with van der Waals surface area (Å²) in [5.74, 6) is -0.460. The Morgan fingerprint density at radius 1 is 1.22 bits per heavy atom. The number of aromatic nitrogens is 1. The van der Waals surface area contributed by atoms with Gasteiger partial charge in [-0.1, -0.05) is 6.07 Å². The van der Waals surface area contributed by atoms with Gasteiger partial charge >= 0.3 is 18.1 Å². The maximum absolute atomic E-state index is 12.2. The van der Waals surface area contributed by atoms with Crippen LogP contribution in [0.15, 0.2) is 36.5 Å². The molecule has 2 aromatic rings. The second kappa shape index (κ2) is 7.81. The molecule has 9 nitrogen and oxygen atoms in total. The molecule has 3 rings (SSSR count). The molecule has 1 aliphatic heterocycles. The Balaban J connectivity index is 1.65. The number of benzene rings is 1. The molecule has 1 aromatic heterocycles. The first-order valence-electron chi connectivity index (χ1n) is 8.43. The highest BCUT2D eigenvalue weighted by molar-refractivity contribution is 6.01. The maximum atomic E-state index is 12.2. The van der Waals surface area contributed by atoms with Crippen LogP contribution in [0.1, 0.15) is 17.4 Å². The SMILES string of the molecule is CCOC(=O)c1cc(NC(=O)Nc2cccc(N3CCOC3=O)c2)cn1C. The highest BCUT2D eigenvalue weighted by atomic mass is 16.6. The average molecular weight is 372 g/mol. The zero-order valence-corrected chi connectivity index (χ0v) is 15.0. The van der Waals surface area contributed by atoms with Crippen LogP contribution < -0.4 is 15.5 Å². The number of hydrogen-bond donors (Lipinski definition) is 2. The first-order chi connectivity index (χ1) is 13.0. The lowest BCUT2D eigenvalue weighted by atomic mass is 10.2. The van der Waals surface area contributed by atoms with Gasteiger partial charge in [0.15, 0.2) is 0 Å². The molecule has 1 aromatic carbocycles. The van der Waals surface area contributed by atoms with E-state index >= 15 is 0 Å². The highest BCUT2D eigenvalue weighted by Gasteiger charge is 2.23. The van der Waals surface area contributed by atoms with Crippen LogP contribution in [-0.4, -0.2) is 42.4 Å². The molecule has 0 spiro atoms. The number of anilines is 3. The Kier molecular flexibility index (Phi) is 5.30. The van der Waals surface area contributed by atoms with Gasteiger partial charge in [-0.3, -0.25) is 4.90 Å². The van der Waals surface area contributed by atoms with Gasteiger partial charge in [0.2, 0.25) is 0 Å². The number of nitrogens with one attached hydrogen (secondary N) is 2. The van der Waals surface area contributed by atoms with E-state index in [1.165, 1.54) is 11.0 Å². The number of nitrogens with zero attached hydrogens (tertiary/aromatic N) is 2. The molecule has 0 radical (unpaired) electrons. The summed E-state index contributed by atoms with van der Waals surface area (Å²) >= 11 is 0. The summed E-state index contributed by atoms with van der Waals surface area (Å²) in [4.78, 5) is 37.2. The van der Waals surface area contributed by atoms with Gasteiger partial charge in [-0.05, 0) is 31.2 Å². The van der Waals surface area contributed by atoms with Crippen LogP contribution in [0.5, 0.6) is 0 Å². The van der Waals surface area contributed by atoms with Crippen molar-refractivity contribution in [2.45, 2.75) is 6.92 Å². The number of amides is 3. The van der Waals surface area contributed by atoms with Crippen LogP contribution >= 0.6 is 0 Å². The minimum Gasteiger partial charge on any atom is -0.461 e. The molecule has 0 aliphatic carbocycles. The molecular weight excluding hydrogens is 352 g/mol. The third kappa shape index (κ3) is 4.20. The Morgan fingerprint density at radius 3 is 2.70 bits per heavy atom. The summed E-state index contributed by atoms with van der Waals surface area (Å²) in [6.45, 7) is 2.81. The van der Waals surface area contributed by atoms with Crippen molar-refractivity contribution in [3.63, 3.8) is 0 Å². The van der Waals surface area contributed by atoms with Crippen molar-refractivity contribution >= 4 is 35.2 Å². The van der Waals surface area contributed by atoms with Gasteiger partial charge in [0.25, 0.3) is 0 Å². The van der Waals surface area contributed by atoms with Crippen molar-refractivity contribution in [1.82, 2.24) is 4.57 Å². The van der Waals surface area contributed by atoms with Gasteiger partial charge in [-0.15, -0.1) is 0 Å². The van der Waals surface area contributed by atoms with E-state index in [2.05, 4.69) is 10.6 Å². The quantitative estimate of drug-likeness (QED) is 0.786. The smallest absolute Gasteiger partial charge is 0.414 e. The number of urea groups is 1. The zero-order chi connectivity index (χ0) is 19.4. The molecule has 0 saturated carbocycles. The predicted octanol–water partition coefficient (Wildman–Crippen LogP) is 2.80. The first-order valence-corrected chi connectivity index (χ1v) is 8.43. The number of carbonyl (C=O) groups excluding carboxylic acids is 3. The number of rotatable bonds is 5. The van der Waals surface area contributed by atoms with E-state index in [1.54, 1.807) is 49.0 Å². The Morgan fingerprint density at radius 2 is 2.00 bits per heavy atom. The standard InChI is InChI=1S/C18H20N4O5/c1-3-26-16(23)15-10-13(11-21(15)2)20-17(24)19-12-5-4-6-14(9-12)22-7-8-27-18(22)25/h4-6,9-11H,3,7-8H2,1-2H3,(H2,19,20,24). The number of carbonyl (C=O) groups is 3. The van der Waals surface area contributed by atoms with Crippen LogP contribution in [0.2, 0.25) is 0 Å². The summed E-state index contributed by atoms with van der Waals surface area (Å²) in [6, 6.07) is 7.95. The van der Waals surface area contributed by atoms with Gasteiger partial charge in [-0.25, -0.2) is 14.4 Å². The van der Waals surface area contributed by atoms with Crippen LogP contribution in [0, 0.1) is 0 Å². The lowest BCUT2D eigenvalue weighted by Gasteiger charge is -2.14. The number of esters is 1. The first kappa shape index (κ1) is 18.3. The second-order valence-corrected chi connectivity index (χ2v) is 5.84. The largest absolute Gasteiger partial charge is 0.461 e. The van der Waals surface area contributed by atoms with Crippen molar-refractivity contribution in [2.24, 2.45) is 7.05 Å². The summed E-state index contributed by atoms with van der Waals surface area (Å²) in [6.07, 6.45) is 1.20. The number of ether oxygens (including phenoxy) is 2. The van der Waals surface area contributed by atoms with E-state index in [0.717, 1.165) is 0 Å². The molecule has 27 heavy (non-hydrogen) atoms. The lowest BCUT2D eigenvalue weighted by Crippen LogP contribution is -2.24. The molecule has 0 atom stereocenters. The fourth-order valence-corrected chi connectivity index (χ4v) is 2.71. The van der Waals surface area contributed by atoms with Crippen molar-refractivity contribution in [3.8, 4) is 0 Å². The Hall–Kier alpha value is -3.49. The number of hydrogen-bond acceptors (Lipinski definition) is 5. The molecule has 2 N–H and O–H groups in total. The van der Waals surface area contributed by atoms with Crippen molar-refractivity contribution < 1.29 is 23.9 Å². The van der Waals surface area contributed by atoms with Gasteiger partial charge < -0.3 is 24.7 Å². The fourth-order valence-electron chi connectivity index (χ4n) is 2.71. The third-order valence-electron chi connectivity index (χ3n) is 3.92. The highest BCUT2D eigenvalue weighted by Crippen LogP contribution is 2.22. The van der Waals surface area contributed by atoms with E-state index < -0.39 is 18.1 Å². The summed E-state index contributed by atoms with van der Waals surface area (Å²) < 4.78 is 11.5. The van der Waals surface area contributed by atoms with Gasteiger partial charge in [0, 0.05) is 24.6 Å². The maximum Gasteiger partial charge on any atom is 0.414 e. The van der Waals surface area contributed by atoms with E-state index in [4.69, 9.17) is 9.47 Å². The van der Waals surface area contributed by atoms with E-state index in [1.807, 2.05) is 0 Å². The minimum atomic E-state index is -0.475. The van der Waals surface area contributed by atoms with E-state index in [0.29, 0.717) is 35.9 Å². The number of cyclic esters (lactones) is 1. The van der Waals surface area contributed by atoms with Gasteiger partial charge in [0.1, 0.15) is 12.3 Å². The van der Waals surface area contributed by atoms with Gasteiger partial charge in [0.05, 0.1) is 18.8 Å². The Bertz CT molecular complexity index is 876. The molecule has 9 heteroatoms. The number of aryl methyl sites for hydroxylation is 1. The van der Waals surface area contributed by atoms with E-state index in [-0.39, 0.29) is 6.61 Å². The third-order valence-corrected chi connectivity index (χ3v) is 3.92. The zero-order valence-electron chi connectivity index (χ0n) is 15.0. The van der Waals surface area contributed by atoms with Crippen LogP contribution in [0.25, 0.3) is 0 Å². The van der Waals surface area contributed by atoms with Crippen molar-refractivity contribution in [1.29, 1.82) is 0 Å².